The van der Waals surface area contributed by atoms with E-state index in [0.29, 0.717) is 6.17 Å². The average Bonchev–Trinajstić information content (AvgIpc) is 3.71. The molecule has 13 atom stereocenters. The maximum atomic E-state index is 4.59. The van der Waals surface area contributed by atoms with Gasteiger partial charge in [0.25, 0.3) is 0 Å². The number of nitrogens with one attached hydrogen (secondary N) is 1. The minimum atomic E-state index is 0.693. The summed E-state index contributed by atoms with van der Waals surface area (Å²) in [6, 6.07) is 5.49. The molecule has 13 unspecified atom stereocenters. The summed E-state index contributed by atoms with van der Waals surface area (Å²) in [5.41, 5.74) is 0. The molecule has 3 nitrogen and oxygen atoms in total. The Hall–Kier alpha value is -0.120. The second-order valence-corrected chi connectivity index (χ2v) is 21.1. The first-order valence-electron chi connectivity index (χ1n) is 24.1. The molecule has 3 heterocycles. The summed E-state index contributed by atoms with van der Waals surface area (Å²) in [4.78, 5) is 6.70. The lowest BCUT2D eigenvalue weighted by Gasteiger charge is -2.51. The molecule has 50 heavy (non-hydrogen) atoms. The van der Waals surface area contributed by atoms with Crippen LogP contribution in [-0.2, 0) is 0 Å². The van der Waals surface area contributed by atoms with Gasteiger partial charge in [-0.2, -0.15) is 0 Å². The van der Waals surface area contributed by atoms with E-state index in [2.05, 4.69) is 15.1 Å². The summed E-state index contributed by atoms with van der Waals surface area (Å²) in [6.45, 7) is 0. The Kier molecular flexibility index (Phi) is 10.4. The van der Waals surface area contributed by atoms with Crippen LogP contribution in [0.3, 0.4) is 0 Å². The third-order valence-corrected chi connectivity index (χ3v) is 19.0. The maximum Gasteiger partial charge on any atom is 0.0607 e. The summed E-state index contributed by atoms with van der Waals surface area (Å²) in [5, 5.41) is 4.59. The van der Waals surface area contributed by atoms with Crippen LogP contribution in [0.2, 0.25) is 0 Å². The molecule has 3 saturated heterocycles. The van der Waals surface area contributed by atoms with Gasteiger partial charge in [0.15, 0.2) is 0 Å². The van der Waals surface area contributed by atoms with E-state index in [1.165, 1.54) is 128 Å². The van der Waals surface area contributed by atoms with Gasteiger partial charge >= 0.3 is 0 Å². The second kappa shape index (κ2) is 15.2. The molecule has 10 aliphatic rings. The first-order valence-corrected chi connectivity index (χ1v) is 24.1. The van der Waals surface area contributed by atoms with Crippen molar-refractivity contribution in [1.82, 2.24) is 15.1 Å². The highest BCUT2D eigenvalue weighted by molar-refractivity contribution is 5.12. The monoisotopic (exact) mass is 686 g/mol. The molecule has 0 amide bonds. The van der Waals surface area contributed by atoms with Gasteiger partial charge in [-0.3, -0.25) is 15.1 Å². The number of hydrogen-bond donors (Lipinski definition) is 1. The van der Waals surface area contributed by atoms with Crippen molar-refractivity contribution < 1.29 is 0 Å². The van der Waals surface area contributed by atoms with Crippen molar-refractivity contribution in [2.75, 3.05) is 0 Å². The summed E-state index contributed by atoms with van der Waals surface area (Å²) in [6.07, 6.45) is 48.3. The van der Waals surface area contributed by atoms with Gasteiger partial charge in [0.2, 0.25) is 0 Å². The largest absolute Gasteiger partial charge is 0.299 e. The summed E-state index contributed by atoms with van der Waals surface area (Å²) in [5.74, 6) is 9.21. The van der Waals surface area contributed by atoms with Crippen LogP contribution in [0.15, 0.2) is 0 Å². The van der Waals surface area contributed by atoms with Gasteiger partial charge < -0.3 is 0 Å². The smallest absolute Gasteiger partial charge is 0.0607 e. The fourth-order valence-electron chi connectivity index (χ4n) is 17.1. The maximum absolute atomic E-state index is 4.59. The Morgan fingerprint density at radius 3 is 1.62 bits per heavy atom. The Bertz CT molecular complexity index is 1080. The van der Waals surface area contributed by atoms with Gasteiger partial charge in [-0.1, -0.05) is 103 Å². The molecule has 1 N–H and O–H groups in total. The van der Waals surface area contributed by atoms with Gasteiger partial charge in [0.05, 0.1) is 6.17 Å². The topological polar surface area (TPSA) is 18.5 Å². The number of piperidine rings is 1. The highest BCUT2D eigenvalue weighted by atomic mass is 15.3. The van der Waals surface area contributed by atoms with E-state index < -0.39 is 0 Å². The third-order valence-electron chi connectivity index (χ3n) is 19.0. The molecule has 0 bridgehead atoms. The van der Waals surface area contributed by atoms with Crippen LogP contribution in [0, 0.1) is 53.3 Å². The summed E-state index contributed by atoms with van der Waals surface area (Å²) >= 11 is 0. The SMILES string of the molecule is C1CCC(C2CC(C3CCCCC3)NC(N3C4CCCCC4C4CC(C5CCCC6C7CCCCC7N(C7CCCCC7)C56)CCC43)C2)CC1. The molecule has 3 heteroatoms. The lowest BCUT2D eigenvalue weighted by Crippen LogP contribution is -2.61. The van der Waals surface area contributed by atoms with Crippen molar-refractivity contribution in [2.45, 2.75) is 241 Å². The fourth-order valence-corrected chi connectivity index (χ4v) is 17.1. The van der Waals surface area contributed by atoms with Crippen LogP contribution < -0.4 is 5.32 Å². The molecular weight excluding hydrogens is 607 g/mol. The number of likely N-dealkylation sites (tertiary alicyclic amines) is 2. The first kappa shape index (κ1) is 34.4. The van der Waals surface area contributed by atoms with Crippen LogP contribution >= 0.6 is 0 Å². The predicted octanol–water partition coefficient (Wildman–Crippen LogP) is 11.5. The lowest BCUT2D eigenvalue weighted by atomic mass is 9.61. The average molecular weight is 686 g/mol. The van der Waals surface area contributed by atoms with Crippen LogP contribution in [0.25, 0.3) is 0 Å². The van der Waals surface area contributed by atoms with E-state index in [4.69, 9.17) is 0 Å². The number of nitrogens with zero attached hydrogens (tertiary/aromatic N) is 2. The quantitative estimate of drug-likeness (QED) is 0.311. The van der Waals surface area contributed by atoms with E-state index in [1.54, 1.807) is 70.6 Å². The van der Waals surface area contributed by atoms with E-state index >= 15 is 0 Å². The molecule has 10 fully saturated rings. The van der Waals surface area contributed by atoms with E-state index in [-0.39, 0.29) is 0 Å². The molecule has 0 aromatic carbocycles. The second-order valence-electron chi connectivity index (χ2n) is 21.1. The molecule has 0 aromatic rings. The van der Waals surface area contributed by atoms with Crippen molar-refractivity contribution in [2.24, 2.45) is 53.3 Å². The molecule has 10 rings (SSSR count). The molecule has 0 aromatic heterocycles. The lowest BCUT2D eigenvalue weighted by molar-refractivity contribution is -0.0195. The van der Waals surface area contributed by atoms with Crippen molar-refractivity contribution in [3.05, 3.63) is 0 Å². The Balaban J connectivity index is 0.909. The highest BCUT2D eigenvalue weighted by Crippen LogP contribution is 2.59. The van der Waals surface area contributed by atoms with Crippen molar-refractivity contribution in [3.8, 4) is 0 Å². The van der Waals surface area contributed by atoms with E-state index in [0.717, 1.165) is 89.5 Å². The highest BCUT2D eigenvalue weighted by Gasteiger charge is 2.59. The fraction of sp³-hybridized carbons (Fsp3) is 1.00. The minimum absolute atomic E-state index is 0.693. The molecule has 7 aliphatic carbocycles. The third kappa shape index (κ3) is 6.34. The molecule has 3 aliphatic heterocycles. The van der Waals surface area contributed by atoms with Gasteiger partial charge in [-0.25, -0.2) is 0 Å². The summed E-state index contributed by atoms with van der Waals surface area (Å²) in [7, 11) is 0. The van der Waals surface area contributed by atoms with Crippen molar-refractivity contribution in [3.63, 3.8) is 0 Å². The number of fused-ring (bicyclic) bond motifs is 6. The van der Waals surface area contributed by atoms with Crippen LogP contribution in [0.4, 0.5) is 0 Å². The zero-order valence-electron chi connectivity index (χ0n) is 32.6. The van der Waals surface area contributed by atoms with Crippen molar-refractivity contribution in [1.29, 1.82) is 0 Å². The number of hydrogen-bond acceptors (Lipinski definition) is 3. The van der Waals surface area contributed by atoms with Gasteiger partial charge in [-0.05, 0) is 150 Å². The van der Waals surface area contributed by atoms with Gasteiger partial charge in [-0.15, -0.1) is 0 Å². The van der Waals surface area contributed by atoms with Crippen LogP contribution in [0.1, 0.15) is 199 Å². The Labute approximate surface area is 309 Å². The van der Waals surface area contributed by atoms with Crippen molar-refractivity contribution >= 4 is 0 Å². The standard InChI is InChI=1S/C47H79N3/c1-4-15-32(16-5-1)35-30-42(33-17-6-2-7-18-33)48-46(31-35)50-44-26-13-11-22-39(44)41-29-34(27-28-45(41)50)37-23-14-24-40-38-21-10-12-25-43(38)49(47(37)40)36-19-8-3-9-20-36/h32-48H,1-31H2. The normalized spacial score (nSPS) is 48.8. The molecule has 7 saturated carbocycles. The number of rotatable bonds is 5. The van der Waals surface area contributed by atoms with Gasteiger partial charge in [0, 0.05) is 36.3 Å². The zero-order valence-corrected chi connectivity index (χ0v) is 32.6. The van der Waals surface area contributed by atoms with E-state index in [1.807, 2.05) is 0 Å². The molecule has 282 valence electrons. The van der Waals surface area contributed by atoms with Crippen LogP contribution in [0.5, 0.6) is 0 Å². The summed E-state index contributed by atoms with van der Waals surface area (Å²) < 4.78 is 0. The molecule has 0 radical (unpaired) electrons. The minimum Gasteiger partial charge on any atom is -0.299 e. The first-order chi connectivity index (χ1) is 24.8. The van der Waals surface area contributed by atoms with Gasteiger partial charge in [0.1, 0.15) is 0 Å². The molecular formula is C47H79N3. The predicted molar refractivity (Wildman–Crippen MR) is 208 cm³/mol. The van der Waals surface area contributed by atoms with E-state index in [9.17, 15) is 0 Å². The van der Waals surface area contributed by atoms with Crippen LogP contribution in [-0.4, -0.2) is 52.2 Å². The zero-order chi connectivity index (χ0) is 33.0. The Morgan fingerprint density at radius 2 is 0.880 bits per heavy atom. The molecule has 0 spiro atoms. The Morgan fingerprint density at radius 1 is 0.320 bits per heavy atom.